The summed E-state index contributed by atoms with van der Waals surface area (Å²) in [5, 5.41) is 7.12. The summed E-state index contributed by atoms with van der Waals surface area (Å²) in [6, 6.07) is 11.4. The first-order chi connectivity index (χ1) is 10.8. The van der Waals surface area contributed by atoms with Gasteiger partial charge in [-0.05, 0) is 57.8 Å². The Morgan fingerprint density at radius 2 is 1.83 bits per heavy atom. The highest BCUT2D eigenvalue weighted by atomic mass is 127. The van der Waals surface area contributed by atoms with E-state index in [1.807, 2.05) is 36.4 Å². The van der Waals surface area contributed by atoms with Crippen molar-refractivity contribution in [3.05, 3.63) is 57.4 Å². The number of anilines is 1. The zero-order valence-electron chi connectivity index (χ0n) is 13.2. The summed E-state index contributed by atoms with van der Waals surface area (Å²) in [5.74, 6) is 0.313. The fourth-order valence-electron chi connectivity index (χ4n) is 2.23. The smallest absolute Gasteiger partial charge is 0.256 e. The largest absolute Gasteiger partial charge is 0.305 e. The van der Waals surface area contributed by atoms with Crippen molar-refractivity contribution in [3.63, 3.8) is 0 Å². The summed E-state index contributed by atoms with van der Waals surface area (Å²) in [4.78, 5) is 16.7. The monoisotopic (exact) mass is 420 g/mol. The zero-order valence-corrected chi connectivity index (χ0v) is 15.3. The molecule has 0 aliphatic heterocycles. The minimum Gasteiger partial charge on any atom is -0.305 e. The molecule has 3 rings (SSSR count). The number of rotatable bonds is 2. The van der Waals surface area contributed by atoms with Crippen molar-refractivity contribution >= 4 is 40.0 Å². The van der Waals surface area contributed by atoms with Gasteiger partial charge in [-0.25, -0.2) is 9.50 Å². The number of halogens is 1. The molecule has 23 heavy (non-hydrogen) atoms. The van der Waals surface area contributed by atoms with E-state index in [1.54, 1.807) is 10.7 Å². The fraction of sp³-hybridized carbons (Fsp3) is 0.235. The Bertz CT molecular complexity index is 862. The molecule has 6 heteroatoms. The number of fused-ring (bicyclic) bond motifs is 1. The Balaban J connectivity index is 1.80. The first-order valence-corrected chi connectivity index (χ1v) is 8.35. The molecular formula is C17H17IN4O. The molecule has 0 spiro atoms. The third-order valence-corrected chi connectivity index (χ3v) is 4.12. The van der Waals surface area contributed by atoms with Gasteiger partial charge in [0.2, 0.25) is 0 Å². The Labute approximate surface area is 148 Å². The van der Waals surface area contributed by atoms with Crippen LogP contribution in [0.2, 0.25) is 0 Å². The molecule has 0 fully saturated rings. The van der Waals surface area contributed by atoms with E-state index >= 15 is 0 Å². The van der Waals surface area contributed by atoms with Crippen LogP contribution in [-0.2, 0) is 5.41 Å². The number of benzene rings is 1. The first kappa shape index (κ1) is 15.9. The van der Waals surface area contributed by atoms with E-state index in [0.29, 0.717) is 17.0 Å². The number of imidazole rings is 1. The molecule has 0 unspecified atom stereocenters. The number of hydrogen-bond acceptors (Lipinski definition) is 3. The molecule has 0 radical (unpaired) electrons. The summed E-state index contributed by atoms with van der Waals surface area (Å²) in [7, 11) is 0. The lowest BCUT2D eigenvalue weighted by molar-refractivity contribution is 0.102. The topological polar surface area (TPSA) is 59.3 Å². The maximum Gasteiger partial charge on any atom is 0.256 e. The van der Waals surface area contributed by atoms with E-state index in [0.717, 1.165) is 3.70 Å². The van der Waals surface area contributed by atoms with Crippen molar-refractivity contribution in [2.75, 3.05) is 5.32 Å². The highest BCUT2D eigenvalue weighted by molar-refractivity contribution is 14.1. The highest BCUT2D eigenvalue weighted by Gasteiger charge is 2.15. The predicted molar refractivity (Wildman–Crippen MR) is 98.8 cm³/mol. The molecule has 0 saturated carbocycles. The summed E-state index contributed by atoms with van der Waals surface area (Å²) < 4.78 is 2.52. The van der Waals surface area contributed by atoms with Gasteiger partial charge in [0.1, 0.15) is 3.70 Å². The summed E-state index contributed by atoms with van der Waals surface area (Å²) >= 11 is 2.13. The minimum absolute atomic E-state index is 0.0689. The van der Waals surface area contributed by atoms with E-state index in [4.69, 9.17) is 0 Å². The number of nitrogens with one attached hydrogen (secondary N) is 1. The van der Waals surface area contributed by atoms with Crippen LogP contribution in [0.3, 0.4) is 0 Å². The van der Waals surface area contributed by atoms with Gasteiger partial charge in [-0.15, -0.1) is 0 Å². The van der Waals surface area contributed by atoms with Crippen molar-refractivity contribution in [1.29, 1.82) is 0 Å². The van der Waals surface area contributed by atoms with E-state index in [9.17, 15) is 4.79 Å². The first-order valence-electron chi connectivity index (χ1n) is 7.27. The van der Waals surface area contributed by atoms with Crippen LogP contribution in [0.15, 0.2) is 42.6 Å². The molecule has 2 aromatic heterocycles. The van der Waals surface area contributed by atoms with Gasteiger partial charge in [0.05, 0.1) is 6.20 Å². The van der Waals surface area contributed by atoms with Crippen LogP contribution in [0.25, 0.3) is 5.65 Å². The fourth-order valence-corrected chi connectivity index (χ4v) is 2.64. The number of aromatic nitrogens is 3. The van der Waals surface area contributed by atoms with E-state index in [2.05, 4.69) is 58.8 Å². The maximum atomic E-state index is 12.3. The third kappa shape index (κ3) is 3.52. The SMILES string of the molecule is CC(C)(C)c1ccc(C(=O)Nc2cn3nc(I)ccc3n2)cc1. The zero-order chi connectivity index (χ0) is 16.6. The third-order valence-electron chi connectivity index (χ3n) is 3.54. The van der Waals surface area contributed by atoms with Crippen LogP contribution in [0, 0.1) is 3.70 Å². The lowest BCUT2D eigenvalue weighted by atomic mass is 9.87. The van der Waals surface area contributed by atoms with Gasteiger partial charge >= 0.3 is 0 Å². The number of carbonyl (C=O) groups is 1. The standard InChI is InChI=1S/C17H17IN4O/c1-17(2,3)12-6-4-11(5-7-12)16(23)20-14-10-22-15(19-14)9-8-13(18)21-22/h4-10H,1-3H3,(H,20,23). The van der Waals surface area contributed by atoms with Crippen LogP contribution >= 0.6 is 22.6 Å². The average molecular weight is 420 g/mol. The Morgan fingerprint density at radius 1 is 1.13 bits per heavy atom. The molecule has 2 heterocycles. The van der Waals surface area contributed by atoms with Crippen molar-refractivity contribution in [1.82, 2.24) is 14.6 Å². The van der Waals surface area contributed by atoms with Crippen molar-refractivity contribution in [3.8, 4) is 0 Å². The molecule has 1 amide bonds. The number of hydrogen-bond donors (Lipinski definition) is 1. The molecular weight excluding hydrogens is 403 g/mol. The van der Waals surface area contributed by atoms with Gasteiger partial charge in [0, 0.05) is 5.56 Å². The minimum atomic E-state index is -0.177. The lowest BCUT2D eigenvalue weighted by Gasteiger charge is -2.18. The Morgan fingerprint density at radius 3 is 2.48 bits per heavy atom. The van der Waals surface area contributed by atoms with Crippen LogP contribution in [-0.4, -0.2) is 20.5 Å². The Kier molecular flexibility index (Phi) is 4.09. The van der Waals surface area contributed by atoms with Crippen molar-refractivity contribution in [2.24, 2.45) is 0 Å². The van der Waals surface area contributed by atoms with Crippen LogP contribution in [0.1, 0.15) is 36.7 Å². The second kappa shape index (κ2) is 5.92. The van der Waals surface area contributed by atoms with E-state index < -0.39 is 0 Å². The summed E-state index contributed by atoms with van der Waals surface area (Å²) in [5.41, 5.74) is 2.57. The normalized spacial score (nSPS) is 11.7. The van der Waals surface area contributed by atoms with Gasteiger partial charge < -0.3 is 5.32 Å². The van der Waals surface area contributed by atoms with Crippen molar-refractivity contribution in [2.45, 2.75) is 26.2 Å². The molecule has 5 nitrogen and oxygen atoms in total. The van der Waals surface area contributed by atoms with Crippen LogP contribution in [0.4, 0.5) is 5.82 Å². The number of carbonyl (C=O) groups excluding carboxylic acids is 1. The molecule has 0 aliphatic carbocycles. The predicted octanol–water partition coefficient (Wildman–Crippen LogP) is 3.88. The molecule has 0 saturated heterocycles. The molecule has 0 atom stereocenters. The van der Waals surface area contributed by atoms with Gasteiger partial charge in [0.15, 0.2) is 11.5 Å². The second-order valence-corrected chi connectivity index (χ2v) is 7.47. The number of nitrogens with zero attached hydrogens (tertiary/aromatic N) is 3. The maximum absolute atomic E-state index is 12.3. The molecule has 1 N–H and O–H groups in total. The quantitative estimate of drug-likeness (QED) is 0.641. The Hall–Kier alpha value is -1.96. The molecule has 0 aliphatic rings. The summed E-state index contributed by atoms with van der Waals surface area (Å²) in [6.07, 6.45) is 1.71. The van der Waals surface area contributed by atoms with Gasteiger partial charge in [-0.1, -0.05) is 32.9 Å². The average Bonchev–Trinajstić information content (AvgIpc) is 2.87. The van der Waals surface area contributed by atoms with Crippen LogP contribution < -0.4 is 5.32 Å². The summed E-state index contributed by atoms with van der Waals surface area (Å²) in [6.45, 7) is 6.44. The van der Waals surface area contributed by atoms with Gasteiger partial charge in [-0.2, -0.15) is 5.10 Å². The molecule has 3 aromatic rings. The molecule has 118 valence electrons. The van der Waals surface area contributed by atoms with Gasteiger partial charge in [0.25, 0.3) is 5.91 Å². The molecule has 0 bridgehead atoms. The van der Waals surface area contributed by atoms with E-state index in [-0.39, 0.29) is 11.3 Å². The highest BCUT2D eigenvalue weighted by Crippen LogP contribution is 2.22. The van der Waals surface area contributed by atoms with Gasteiger partial charge in [-0.3, -0.25) is 4.79 Å². The van der Waals surface area contributed by atoms with Crippen LogP contribution in [0.5, 0.6) is 0 Å². The van der Waals surface area contributed by atoms with Crippen molar-refractivity contribution < 1.29 is 4.79 Å². The second-order valence-electron chi connectivity index (χ2n) is 6.37. The molecule has 1 aromatic carbocycles. The lowest BCUT2D eigenvalue weighted by Crippen LogP contribution is -2.14. The number of amides is 1. The van der Waals surface area contributed by atoms with E-state index in [1.165, 1.54) is 5.56 Å².